The zero-order valence-electron chi connectivity index (χ0n) is 11.4. The van der Waals surface area contributed by atoms with E-state index in [-0.39, 0.29) is 31.1 Å². The minimum atomic E-state index is -3.65. The van der Waals surface area contributed by atoms with E-state index in [9.17, 15) is 13.2 Å². The zero-order chi connectivity index (χ0) is 14.8. The first kappa shape index (κ1) is 14.9. The number of carbonyl (C=O) groups is 1. The highest BCUT2D eigenvalue weighted by Crippen LogP contribution is 2.18. The number of esters is 1. The van der Waals surface area contributed by atoms with Gasteiger partial charge in [-0.2, -0.15) is 4.31 Å². The number of rotatable bonds is 4. The van der Waals surface area contributed by atoms with Crippen LogP contribution in [0.15, 0.2) is 17.6 Å². The number of morpholine rings is 1. The molecule has 1 aromatic heterocycles. The van der Waals surface area contributed by atoms with Crippen LogP contribution < -0.4 is 0 Å². The van der Waals surface area contributed by atoms with E-state index in [1.165, 1.54) is 23.9 Å². The fraction of sp³-hybridized carbons (Fsp3) is 0.636. The third-order valence-electron chi connectivity index (χ3n) is 3.01. The zero-order valence-corrected chi connectivity index (χ0v) is 12.2. The average molecular weight is 303 g/mol. The molecular formula is C11H17N3O5S. The van der Waals surface area contributed by atoms with E-state index in [1.54, 1.807) is 11.6 Å². The number of hydrogen-bond donors (Lipinski definition) is 0. The molecule has 2 rings (SSSR count). The molecule has 1 aliphatic heterocycles. The summed E-state index contributed by atoms with van der Waals surface area (Å²) in [6.07, 6.45) is 2.42. The molecule has 1 atom stereocenters. The van der Waals surface area contributed by atoms with Crippen LogP contribution >= 0.6 is 0 Å². The first-order chi connectivity index (χ1) is 9.43. The van der Waals surface area contributed by atoms with Crippen molar-refractivity contribution in [3.05, 3.63) is 12.5 Å². The third kappa shape index (κ3) is 3.17. The number of sulfonamides is 1. The van der Waals surface area contributed by atoms with Gasteiger partial charge in [-0.1, -0.05) is 0 Å². The highest BCUT2D eigenvalue weighted by molar-refractivity contribution is 7.89. The predicted molar refractivity (Wildman–Crippen MR) is 68.3 cm³/mol. The van der Waals surface area contributed by atoms with Crippen LogP contribution in [-0.4, -0.2) is 61.2 Å². The van der Waals surface area contributed by atoms with E-state index in [0.29, 0.717) is 0 Å². The number of carbonyl (C=O) groups excluding carboxylic acids is 1. The quantitative estimate of drug-likeness (QED) is 0.688. The van der Waals surface area contributed by atoms with Crippen LogP contribution in [0.3, 0.4) is 0 Å². The molecule has 0 N–H and O–H groups in total. The summed E-state index contributed by atoms with van der Waals surface area (Å²) in [5.74, 6) is -0.424. The number of nitrogens with zero attached hydrogens (tertiary/aromatic N) is 3. The summed E-state index contributed by atoms with van der Waals surface area (Å²) in [5, 5.41) is -0.00119. The van der Waals surface area contributed by atoms with Gasteiger partial charge < -0.3 is 14.0 Å². The molecule has 9 heteroatoms. The van der Waals surface area contributed by atoms with Gasteiger partial charge in [0, 0.05) is 26.3 Å². The maximum Gasteiger partial charge on any atom is 0.308 e. The van der Waals surface area contributed by atoms with Crippen molar-refractivity contribution < 1.29 is 22.7 Å². The Hall–Kier alpha value is -1.45. The Balaban J connectivity index is 2.10. The Labute approximate surface area is 117 Å². The fourth-order valence-electron chi connectivity index (χ4n) is 1.96. The smallest absolute Gasteiger partial charge is 0.308 e. The van der Waals surface area contributed by atoms with Crippen molar-refractivity contribution in [1.29, 1.82) is 0 Å². The van der Waals surface area contributed by atoms with Crippen molar-refractivity contribution in [3.8, 4) is 0 Å². The van der Waals surface area contributed by atoms with E-state index in [0.717, 1.165) is 0 Å². The Bertz CT molecular complexity index is 583. The molecule has 20 heavy (non-hydrogen) atoms. The molecule has 0 aliphatic carbocycles. The predicted octanol–water partition coefficient (Wildman–Crippen LogP) is -0.627. The molecule has 0 amide bonds. The standard InChI is InChI=1S/C11H17N3O5S/c1-13-7-10(12-8-13)20(16,17)14-3-4-19-9(6-14)5-11(15)18-2/h7-9H,3-6H2,1-2H3. The molecule has 0 radical (unpaired) electrons. The van der Waals surface area contributed by atoms with Crippen LogP contribution in [0.25, 0.3) is 0 Å². The lowest BCUT2D eigenvalue weighted by Crippen LogP contribution is -2.46. The molecule has 0 spiro atoms. The molecule has 1 aliphatic rings. The molecule has 0 aromatic carbocycles. The SMILES string of the molecule is COC(=O)CC1CN(S(=O)(=O)c2cn(C)cn2)CCO1. The third-order valence-corrected chi connectivity index (χ3v) is 4.76. The highest BCUT2D eigenvalue weighted by Gasteiger charge is 2.33. The van der Waals surface area contributed by atoms with E-state index < -0.39 is 22.1 Å². The molecule has 1 unspecified atom stereocenters. The number of methoxy groups -OCH3 is 1. The number of imidazole rings is 1. The van der Waals surface area contributed by atoms with E-state index in [1.807, 2.05) is 0 Å². The largest absolute Gasteiger partial charge is 0.469 e. The van der Waals surface area contributed by atoms with E-state index in [4.69, 9.17) is 4.74 Å². The summed E-state index contributed by atoms with van der Waals surface area (Å²) in [4.78, 5) is 15.1. The summed E-state index contributed by atoms with van der Waals surface area (Å²) in [6, 6.07) is 0. The Morgan fingerprint density at radius 1 is 1.60 bits per heavy atom. The first-order valence-electron chi connectivity index (χ1n) is 6.10. The van der Waals surface area contributed by atoms with Crippen LogP contribution in [0.1, 0.15) is 6.42 Å². The summed E-state index contributed by atoms with van der Waals surface area (Å²) < 4.78 is 37.6. The molecular weight excluding hydrogens is 286 g/mol. The summed E-state index contributed by atoms with van der Waals surface area (Å²) in [6.45, 7) is 0.609. The summed E-state index contributed by atoms with van der Waals surface area (Å²) >= 11 is 0. The van der Waals surface area contributed by atoms with E-state index in [2.05, 4.69) is 9.72 Å². The molecule has 1 fully saturated rings. The maximum atomic E-state index is 12.4. The first-order valence-corrected chi connectivity index (χ1v) is 7.54. The molecule has 2 heterocycles. The molecule has 0 bridgehead atoms. The fourth-order valence-corrected chi connectivity index (χ4v) is 3.38. The normalized spacial score (nSPS) is 20.8. The lowest BCUT2D eigenvalue weighted by Gasteiger charge is -2.31. The van der Waals surface area contributed by atoms with Crippen LogP contribution in [-0.2, 0) is 31.3 Å². The topological polar surface area (TPSA) is 90.7 Å². The second-order valence-corrected chi connectivity index (χ2v) is 6.40. The van der Waals surface area contributed by atoms with Crippen molar-refractivity contribution in [2.24, 2.45) is 7.05 Å². The monoisotopic (exact) mass is 303 g/mol. The van der Waals surface area contributed by atoms with Crippen LogP contribution in [0.2, 0.25) is 0 Å². The molecule has 112 valence electrons. The van der Waals surface area contributed by atoms with Crippen molar-refractivity contribution >= 4 is 16.0 Å². The highest BCUT2D eigenvalue weighted by atomic mass is 32.2. The number of aryl methyl sites for hydroxylation is 1. The van der Waals surface area contributed by atoms with Gasteiger partial charge in [0.1, 0.15) is 0 Å². The number of hydrogen-bond acceptors (Lipinski definition) is 6. The van der Waals surface area contributed by atoms with Crippen molar-refractivity contribution in [2.45, 2.75) is 17.6 Å². The lowest BCUT2D eigenvalue weighted by atomic mass is 10.2. The van der Waals surface area contributed by atoms with Crippen LogP contribution in [0, 0.1) is 0 Å². The van der Waals surface area contributed by atoms with Crippen molar-refractivity contribution in [1.82, 2.24) is 13.9 Å². The Kier molecular flexibility index (Phi) is 4.41. The van der Waals surface area contributed by atoms with Crippen LogP contribution in [0.4, 0.5) is 0 Å². The summed E-state index contributed by atoms with van der Waals surface area (Å²) in [7, 11) is -0.662. The Morgan fingerprint density at radius 3 is 2.95 bits per heavy atom. The lowest BCUT2D eigenvalue weighted by molar-refractivity contribution is -0.145. The van der Waals surface area contributed by atoms with Gasteiger partial charge in [0.05, 0.1) is 32.6 Å². The minimum Gasteiger partial charge on any atom is -0.469 e. The minimum absolute atomic E-state index is 0.00119. The number of ether oxygens (including phenoxy) is 2. The van der Waals surface area contributed by atoms with Gasteiger partial charge in [-0.25, -0.2) is 13.4 Å². The Morgan fingerprint density at radius 2 is 2.35 bits per heavy atom. The van der Waals surface area contributed by atoms with E-state index >= 15 is 0 Å². The van der Waals surface area contributed by atoms with Gasteiger partial charge in [0.15, 0.2) is 5.03 Å². The van der Waals surface area contributed by atoms with Crippen LogP contribution in [0.5, 0.6) is 0 Å². The van der Waals surface area contributed by atoms with Crippen molar-refractivity contribution in [2.75, 3.05) is 26.8 Å². The van der Waals surface area contributed by atoms with Gasteiger partial charge in [-0.05, 0) is 0 Å². The molecule has 8 nitrogen and oxygen atoms in total. The summed E-state index contributed by atoms with van der Waals surface area (Å²) in [5.41, 5.74) is 0. The van der Waals surface area contributed by atoms with Gasteiger partial charge in [-0.3, -0.25) is 4.79 Å². The molecule has 1 aromatic rings. The maximum absolute atomic E-state index is 12.4. The average Bonchev–Trinajstić information content (AvgIpc) is 2.86. The second-order valence-electron chi connectivity index (χ2n) is 4.51. The second kappa shape index (κ2) is 5.90. The van der Waals surface area contributed by atoms with Gasteiger partial charge in [0.2, 0.25) is 0 Å². The number of aromatic nitrogens is 2. The van der Waals surface area contributed by atoms with Gasteiger partial charge in [0.25, 0.3) is 10.0 Å². The van der Waals surface area contributed by atoms with Gasteiger partial charge in [-0.15, -0.1) is 0 Å². The molecule has 0 saturated carbocycles. The molecule has 1 saturated heterocycles. The van der Waals surface area contributed by atoms with Gasteiger partial charge >= 0.3 is 5.97 Å². The van der Waals surface area contributed by atoms with Crippen molar-refractivity contribution in [3.63, 3.8) is 0 Å².